The number of carbonyl (C=O) groups excluding carboxylic acids is 2. The Hall–Kier alpha value is -1.10. The second kappa shape index (κ2) is 6.08. The average Bonchev–Trinajstić information content (AvgIpc) is 3.07. The van der Waals surface area contributed by atoms with Gasteiger partial charge in [-0.2, -0.15) is 0 Å². The minimum atomic E-state index is -0.373. The van der Waals surface area contributed by atoms with Crippen LogP contribution in [0.15, 0.2) is 0 Å². The van der Waals surface area contributed by atoms with Crippen LogP contribution in [0.5, 0.6) is 0 Å². The van der Waals surface area contributed by atoms with Gasteiger partial charge in [-0.25, -0.2) is 0 Å². The van der Waals surface area contributed by atoms with Crippen LogP contribution in [-0.4, -0.2) is 53.8 Å². The normalized spacial score (nSPS) is 34.6. The van der Waals surface area contributed by atoms with E-state index in [1.165, 1.54) is 0 Å². The molecule has 3 rings (SSSR count). The molecule has 3 aliphatic rings. The zero-order chi connectivity index (χ0) is 16.8. The molecule has 2 amide bonds. The third-order valence-electron chi connectivity index (χ3n) is 5.92. The molecule has 0 aromatic heterocycles. The van der Waals surface area contributed by atoms with Crippen molar-refractivity contribution in [1.29, 1.82) is 0 Å². The molecule has 130 valence electrons. The molecule has 0 aromatic carbocycles. The number of nitrogens with zero attached hydrogens (tertiary/aromatic N) is 2. The molecular formula is C18H31N3O2. The van der Waals surface area contributed by atoms with Gasteiger partial charge in [-0.15, -0.1) is 0 Å². The molecule has 0 bridgehead atoms. The molecule has 23 heavy (non-hydrogen) atoms. The summed E-state index contributed by atoms with van der Waals surface area (Å²) in [5, 5.41) is 0. The number of likely N-dealkylation sites (tertiary alicyclic amines) is 2. The van der Waals surface area contributed by atoms with Gasteiger partial charge < -0.3 is 15.5 Å². The van der Waals surface area contributed by atoms with Crippen molar-refractivity contribution in [3.8, 4) is 0 Å². The van der Waals surface area contributed by atoms with Gasteiger partial charge in [-0.3, -0.25) is 9.59 Å². The highest BCUT2D eigenvalue weighted by atomic mass is 16.2. The Morgan fingerprint density at radius 2 is 1.74 bits per heavy atom. The molecule has 4 atom stereocenters. The molecular weight excluding hydrogens is 290 g/mol. The van der Waals surface area contributed by atoms with Crippen LogP contribution >= 0.6 is 0 Å². The third-order valence-corrected chi connectivity index (χ3v) is 5.92. The van der Waals surface area contributed by atoms with E-state index in [0.29, 0.717) is 18.4 Å². The van der Waals surface area contributed by atoms with Crippen molar-refractivity contribution in [2.45, 2.75) is 52.5 Å². The number of hydrogen-bond acceptors (Lipinski definition) is 3. The maximum absolute atomic E-state index is 12.9. The van der Waals surface area contributed by atoms with Crippen molar-refractivity contribution < 1.29 is 9.59 Å². The number of carbonyl (C=O) groups is 2. The van der Waals surface area contributed by atoms with Gasteiger partial charge in [0.15, 0.2) is 0 Å². The van der Waals surface area contributed by atoms with Gasteiger partial charge in [0.25, 0.3) is 0 Å². The molecule has 5 nitrogen and oxygen atoms in total. The van der Waals surface area contributed by atoms with Gasteiger partial charge in [0, 0.05) is 37.6 Å². The summed E-state index contributed by atoms with van der Waals surface area (Å²) >= 11 is 0. The molecule has 1 aliphatic carbocycles. The summed E-state index contributed by atoms with van der Waals surface area (Å²) < 4.78 is 0. The first-order valence-electron chi connectivity index (χ1n) is 9.11. The summed E-state index contributed by atoms with van der Waals surface area (Å²) in [6, 6.07) is 0.267. The number of amides is 2. The fourth-order valence-electron chi connectivity index (χ4n) is 4.58. The highest BCUT2D eigenvalue weighted by Gasteiger charge is 2.44. The van der Waals surface area contributed by atoms with Crippen LogP contribution in [-0.2, 0) is 9.59 Å². The van der Waals surface area contributed by atoms with Gasteiger partial charge in [0.1, 0.15) is 0 Å². The molecule has 0 spiro atoms. The molecule has 2 N–H and O–H groups in total. The Morgan fingerprint density at radius 1 is 1.00 bits per heavy atom. The second-order valence-corrected chi connectivity index (χ2v) is 8.75. The molecule has 3 fully saturated rings. The van der Waals surface area contributed by atoms with E-state index in [-0.39, 0.29) is 29.2 Å². The average molecular weight is 321 g/mol. The first kappa shape index (κ1) is 16.7. The largest absolute Gasteiger partial charge is 0.342 e. The molecule has 2 aliphatic heterocycles. The lowest BCUT2D eigenvalue weighted by molar-refractivity contribution is -0.145. The van der Waals surface area contributed by atoms with E-state index < -0.39 is 0 Å². The summed E-state index contributed by atoms with van der Waals surface area (Å²) in [7, 11) is 0. The van der Waals surface area contributed by atoms with Gasteiger partial charge in [-0.1, -0.05) is 20.8 Å². The van der Waals surface area contributed by atoms with E-state index in [4.69, 9.17) is 5.73 Å². The standard InChI is InChI=1S/C18H31N3O2/c1-18(2,3)17(23)20-8-4-5-13(10-20)16(22)21-9-12-6-7-15(19)14(12)11-21/h12-15H,4-11,19H2,1-3H3. The van der Waals surface area contributed by atoms with E-state index in [1.807, 2.05) is 30.6 Å². The molecule has 0 radical (unpaired) electrons. The first-order chi connectivity index (χ1) is 10.8. The summed E-state index contributed by atoms with van der Waals surface area (Å²) in [4.78, 5) is 29.3. The maximum Gasteiger partial charge on any atom is 0.227 e. The van der Waals surface area contributed by atoms with Crippen molar-refractivity contribution in [2.24, 2.45) is 28.9 Å². The number of rotatable bonds is 1. The van der Waals surface area contributed by atoms with Crippen LogP contribution in [0.25, 0.3) is 0 Å². The number of hydrogen-bond donors (Lipinski definition) is 1. The zero-order valence-electron chi connectivity index (χ0n) is 14.8. The minimum absolute atomic E-state index is 0.0231. The molecule has 2 saturated heterocycles. The highest BCUT2D eigenvalue weighted by Crippen LogP contribution is 2.38. The zero-order valence-corrected chi connectivity index (χ0v) is 14.8. The van der Waals surface area contributed by atoms with Crippen molar-refractivity contribution in [2.75, 3.05) is 26.2 Å². The maximum atomic E-state index is 12.9. The summed E-state index contributed by atoms with van der Waals surface area (Å²) in [5.41, 5.74) is 5.81. The Bertz CT molecular complexity index is 485. The number of nitrogens with two attached hydrogens (primary N) is 1. The lowest BCUT2D eigenvalue weighted by atomic mass is 9.90. The second-order valence-electron chi connectivity index (χ2n) is 8.75. The highest BCUT2D eigenvalue weighted by molar-refractivity contribution is 5.84. The van der Waals surface area contributed by atoms with Crippen molar-refractivity contribution in [1.82, 2.24) is 9.80 Å². The van der Waals surface area contributed by atoms with Crippen LogP contribution in [0.3, 0.4) is 0 Å². The van der Waals surface area contributed by atoms with Crippen molar-refractivity contribution in [3.05, 3.63) is 0 Å². The Kier molecular flexibility index (Phi) is 4.43. The third kappa shape index (κ3) is 3.25. The van der Waals surface area contributed by atoms with Crippen LogP contribution in [0.2, 0.25) is 0 Å². The molecule has 5 heteroatoms. The fourth-order valence-corrected chi connectivity index (χ4v) is 4.58. The van der Waals surface area contributed by atoms with Gasteiger partial charge >= 0.3 is 0 Å². The van der Waals surface area contributed by atoms with E-state index in [9.17, 15) is 9.59 Å². The molecule has 1 saturated carbocycles. The van der Waals surface area contributed by atoms with E-state index >= 15 is 0 Å². The van der Waals surface area contributed by atoms with Gasteiger partial charge in [-0.05, 0) is 37.5 Å². The van der Waals surface area contributed by atoms with Crippen molar-refractivity contribution >= 4 is 11.8 Å². The monoisotopic (exact) mass is 321 g/mol. The quantitative estimate of drug-likeness (QED) is 0.795. The Labute approximate surface area is 139 Å². The topological polar surface area (TPSA) is 66.6 Å². The van der Waals surface area contributed by atoms with Gasteiger partial charge in [0.2, 0.25) is 11.8 Å². The van der Waals surface area contributed by atoms with E-state index in [0.717, 1.165) is 45.3 Å². The van der Waals surface area contributed by atoms with Crippen molar-refractivity contribution in [3.63, 3.8) is 0 Å². The molecule has 4 unspecified atom stereocenters. The summed E-state index contributed by atoms with van der Waals surface area (Å²) in [6.45, 7) is 8.93. The summed E-state index contributed by atoms with van der Waals surface area (Å²) in [5.74, 6) is 1.48. The molecule has 0 aromatic rings. The van der Waals surface area contributed by atoms with E-state index in [1.54, 1.807) is 0 Å². The van der Waals surface area contributed by atoms with Crippen LogP contribution in [0.4, 0.5) is 0 Å². The predicted molar refractivity (Wildman–Crippen MR) is 89.5 cm³/mol. The molecule has 2 heterocycles. The number of piperidine rings is 1. The smallest absolute Gasteiger partial charge is 0.227 e. The van der Waals surface area contributed by atoms with Crippen LogP contribution in [0.1, 0.15) is 46.5 Å². The first-order valence-corrected chi connectivity index (χ1v) is 9.11. The Balaban J connectivity index is 1.61. The summed E-state index contributed by atoms with van der Waals surface area (Å²) in [6.07, 6.45) is 4.10. The lowest BCUT2D eigenvalue weighted by Gasteiger charge is -2.37. The lowest BCUT2D eigenvalue weighted by Crippen LogP contribution is -2.49. The minimum Gasteiger partial charge on any atom is -0.342 e. The van der Waals surface area contributed by atoms with E-state index in [2.05, 4.69) is 0 Å². The van der Waals surface area contributed by atoms with Gasteiger partial charge in [0.05, 0.1) is 5.92 Å². The number of fused-ring (bicyclic) bond motifs is 1. The van der Waals surface area contributed by atoms with Crippen LogP contribution < -0.4 is 5.73 Å². The predicted octanol–water partition coefficient (Wildman–Crippen LogP) is 1.47. The Morgan fingerprint density at radius 3 is 2.39 bits per heavy atom. The SMILES string of the molecule is CC(C)(C)C(=O)N1CCCC(C(=O)N2CC3CCC(N)C3C2)C1. The van der Waals surface area contributed by atoms with Crippen LogP contribution in [0, 0.1) is 23.2 Å². The fraction of sp³-hybridized carbons (Fsp3) is 0.889.